The zero-order chi connectivity index (χ0) is 13.3. The molecule has 0 atom stereocenters. The highest BCUT2D eigenvalue weighted by Gasteiger charge is 2.07. The maximum atomic E-state index is 5.90. The van der Waals surface area contributed by atoms with Gasteiger partial charge in [-0.3, -0.25) is 0 Å². The number of aryl methyl sites for hydroxylation is 3. The summed E-state index contributed by atoms with van der Waals surface area (Å²) in [7, 11) is 0. The van der Waals surface area contributed by atoms with E-state index in [2.05, 4.69) is 9.97 Å². The predicted octanol–water partition coefficient (Wildman–Crippen LogP) is 3.44. The Balaban J connectivity index is 2.31. The highest BCUT2D eigenvalue weighted by molar-refractivity contribution is 7.99. The van der Waals surface area contributed by atoms with Crippen molar-refractivity contribution in [2.45, 2.75) is 37.7 Å². The molecule has 4 heteroatoms. The number of nitrogens with two attached hydrogens (primary N) is 1. The Labute approximate surface area is 112 Å². The molecule has 0 aliphatic heterocycles. The van der Waals surface area contributed by atoms with Gasteiger partial charge in [0.15, 0.2) is 5.16 Å². The van der Waals surface area contributed by atoms with Crippen LogP contribution in [-0.2, 0) is 0 Å². The van der Waals surface area contributed by atoms with Crippen molar-refractivity contribution in [3.8, 4) is 0 Å². The van der Waals surface area contributed by atoms with Crippen molar-refractivity contribution in [3.63, 3.8) is 0 Å². The molecule has 94 valence electrons. The minimum Gasteiger partial charge on any atom is -0.398 e. The highest BCUT2D eigenvalue weighted by atomic mass is 32.2. The van der Waals surface area contributed by atoms with Crippen molar-refractivity contribution < 1.29 is 0 Å². The van der Waals surface area contributed by atoms with Crippen LogP contribution >= 0.6 is 11.8 Å². The van der Waals surface area contributed by atoms with Gasteiger partial charge in [-0.05, 0) is 62.7 Å². The molecule has 18 heavy (non-hydrogen) atoms. The topological polar surface area (TPSA) is 51.8 Å². The van der Waals surface area contributed by atoms with Crippen LogP contribution in [0.3, 0.4) is 0 Å². The number of nitrogens with zero attached hydrogens (tertiary/aromatic N) is 2. The molecule has 0 aliphatic rings. The van der Waals surface area contributed by atoms with Gasteiger partial charge in [0.05, 0.1) is 0 Å². The highest BCUT2D eigenvalue weighted by Crippen LogP contribution is 2.28. The van der Waals surface area contributed by atoms with Gasteiger partial charge in [0.1, 0.15) is 0 Å². The van der Waals surface area contributed by atoms with Gasteiger partial charge in [0, 0.05) is 22.0 Å². The lowest BCUT2D eigenvalue weighted by molar-refractivity contribution is 0.881. The number of nitrogen functional groups attached to an aromatic ring is 1. The average molecular weight is 259 g/mol. The van der Waals surface area contributed by atoms with Crippen LogP contribution in [0.15, 0.2) is 28.3 Å². The Bertz CT molecular complexity index is 571. The van der Waals surface area contributed by atoms with E-state index in [4.69, 9.17) is 5.73 Å². The van der Waals surface area contributed by atoms with Crippen LogP contribution in [0, 0.1) is 27.7 Å². The molecule has 0 saturated heterocycles. The van der Waals surface area contributed by atoms with Gasteiger partial charge in [0.25, 0.3) is 0 Å². The monoisotopic (exact) mass is 259 g/mol. The third-order valence-corrected chi connectivity index (χ3v) is 3.93. The number of aromatic nitrogens is 2. The summed E-state index contributed by atoms with van der Waals surface area (Å²) in [5.74, 6) is 0. The molecule has 1 aromatic carbocycles. The first-order valence-corrected chi connectivity index (χ1v) is 6.65. The maximum absolute atomic E-state index is 5.90. The Morgan fingerprint density at radius 2 is 1.61 bits per heavy atom. The molecule has 0 unspecified atom stereocenters. The number of hydrogen-bond acceptors (Lipinski definition) is 4. The third kappa shape index (κ3) is 2.64. The fourth-order valence-corrected chi connectivity index (χ4v) is 2.47. The molecule has 0 saturated carbocycles. The second kappa shape index (κ2) is 4.98. The molecule has 2 aromatic rings. The van der Waals surface area contributed by atoms with Crippen LogP contribution in [0.1, 0.15) is 22.5 Å². The van der Waals surface area contributed by atoms with Crippen LogP contribution in [0.25, 0.3) is 0 Å². The number of benzene rings is 1. The summed E-state index contributed by atoms with van der Waals surface area (Å²) in [6, 6.07) is 6.03. The molecule has 2 rings (SSSR count). The molecule has 1 aromatic heterocycles. The molecule has 0 bridgehead atoms. The summed E-state index contributed by atoms with van der Waals surface area (Å²) < 4.78 is 0. The van der Waals surface area contributed by atoms with Crippen LogP contribution in [0.4, 0.5) is 5.69 Å². The summed E-state index contributed by atoms with van der Waals surface area (Å²) in [5, 5.41) is 0.777. The SMILES string of the molecule is Cc1ccc(Sc2nc(C)c(C)c(C)n2)cc1N. The van der Waals surface area contributed by atoms with E-state index >= 15 is 0 Å². The lowest BCUT2D eigenvalue weighted by Gasteiger charge is -2.07. The predicted molar refractivity (Wildman–Crippen MR) is 76.0 cm³/mol. The molecule has 2 N–H and O–H groups in total. The fraction of sp³-hybridized carbons (Fsp3) is 0.286. The Morgan fingerprint density at radius 3 is 2.17 bits per heavy atom. The first-order valence-electron chi connectivity index (χ1n) is 5.83. The van der Waals surface area contributed by atoms with Crippen molar-refractivity contribution in [1.82, 2.24) is 9.97 Å². The second-order valence-electron chi connectivity index (χ2n) is 4.42. The molecule has 0 radical (unpaired) electrons. The van der Waals surface area contributed by atoms with E-state index in [1.54, 1.807) is 11.8 Å². The summed E-state index contributed by atoms with van der Waals surface area (Å²) in [6.07, 6.45) is 0. The van der Waals surface area contributed by atoms with E-state index < -0.39 is 0 Å². The molecule has 1 heterocycles. The maximum Gasteiger partial charge on any atom is 0.192 e. The Kier molecular flexibility index (Phi) is 3.57. The number of rotatable bonds is 2. The zero-order valence-electron chi connectivity index (χ0n) is 11.1. The van der Waals surface area contributed by atoms with E-state index in [9.17, 15) is 0 Å². The van der Waals surface area contributed by atoms with E-state index in [1.165, 1.54) is 0 Å². The van der Waals surface area contributed by atoms with E-state index in [1.807, 2.05) is 45.9 Å². The molecule has 3 nitrogen and oxygen atoms in total. The standard InChI is InChI=1S/C14H17N3S/c1-8-5-6-12(7-13(8)15)18-14-16-10(3)9(2)11(4)17-14/h5-7H,15H2,1-4H3. The van der Waals surface area contributed by atoms with Crippen molar-refractivity contribution in [1.29, 1.82) is 0 Å². The van der Waals surface area contributed by atoms with Crippen molar-refractivity contribution in [2.75, 3.05) is 5.73 Å². The van der Waals surface area contributed by atoms with E-state index in [0.717, 1.165) is 38.3 Å². The van der Waals surface area contributed by atoms with Gasteiger partial charge in [-0.25, -0.2) is 9.97 Å². The van der Waals surface area contributed by atoms with Gasteiger partial charge in [0.2, 0.25) is 0 Å². The van der Waals surface area contributed by atoms with E-state index in [0.29, 0.717) is 0 Å². The summed E-state index contributed by atoms with van der Waals surface area (Å²) in [5.41, 5.74) is 11.0. The van der Waals surface area contributed by atoms with Crippen LogP contribution in [0.2, 0.25) is 0 Å². The third-order valence-electron chi connectivity index (χ3n) is 3.07. The van der Waals surface area contributed by atoms with E-state index in [-0.39, 0.29) is 0 Å². The molecular weight excluding hydrogens is 242 g/mol. The summed E-state index contributed by atoms with van der Waals surface area (Å²) in [4.78, 5) is 10.1. The van der Waals surface area contributed by atoms with Gasteiger partial charge in [-0.2, -0.15) is 0 Å². The lowest BCUT2D eigenvalue weighted by Crippen LogP contribution is -1.98. The average Bonchev–Trinajstić information content (AvgIpc) is 2.31. The minimum atomic E-state index is 0.777. The lowest BCUT2D eigenvalue weighted by atomic mass is 10.2. The Hall–Kier alpha value is -1.55. The van der Waals surface area contributed by atoms with Crippen molar-refractivity contribution in [3.05, 3.63) is 40.7 Å². The number of anilines is 1. The first-order chi connectivity index (χ1) is 8.47. The fourth-order valence-electron chi connectivity index (χ4n) is 1.57. The number of hydrogen-bond donors (Lipinski definition) is 1. The molecular formula is C14H17N3S. The van der Waals surface area contributed by atoms with Gasteiger partial charge < -0.3 is 5.73 Å². The van der Waals surface area contributed by atoms with Gasteiger partial charge >= 0.3 is 0 Å². The minimum absolute atomic E-state index is 0.777. The molecule has 0 fully saturated rings. The van der Waals surface area contributed by atoms with Gasteiger partial charge in [-0.15, -0.1) is 0 Å². The smallest absolute Gasteiger partial charge is 0.192 e. The molecule has 0 amide bonds. The normalized spacial score (nSPS) is 10.7. The summed E-state index contributed by atoms with van der Waals surface area (Å²) in [6.45, 7) is 8.07. The summed E-state index contributed by atoms with van der Waals surface area (Å²) >= 11 is 1.55. The van der Waals surface area contributed by atoms with Crippen LogP contribution < -0.4 is 5.73 Å². The van der Waals surface area contributed by atoms with Crippen LogP contribution in [-0.4, -0.2) is 9.97 Å². The van der Waals surface area contributed by atoms with Crippen LogP contribution in [0.5, 0.6) is 0 Å². The Morgan fingerprint density at radius 1 is 1.00 bits per heavy atom. The second-order valence-corrected chi connectivity index (χ2v) is 5.46. The van der Waals surface area contributed by atoms with Crippen molar-refractivity contribution >= 4 is 17.4 Å². The molecule has 0 spiro atoms. The quantitative estimate of drug-likeness (QED) is 0.663. The molecule has 0 aliphatic carbocycles. The first kappa shape index (κ1) is 12.9. The van der Waals surface area contributed by atoms with Crippen molar-refractivity contribution in [2.24, 2.45) is 0 Å². The zero-order valence-corrected chi connectivity index (χ0v) is 11.9. The largest absolute Gasteiger partial charge is 0.398 e. The van der Waals surface area contributed by atoms with Gasteiger partial charge in [-0.1, -0.05) is 6.07 Å².